The molecule has 9 N–H and O–H groups in total. The predicted octanol–water partition coefficient (Wildman–Crippen LogP) is -1.10. The van der Waals surface area contributed by atoms with E-state index in [1.54, 1.807) is 4.98 Å². The second-order valence-electron chi connectivity index (χ2n) is 5.03. The van der Waals surface area contributed by atoms with Gasteiger partial charge in [-0.05, 0) is 12.2 Å². The number of hydrogen-bond acceptors (Lipinski definition) is 9. The van der Waals surface area contributed by atoms with Crippen LogP contribution in [-0.2, 0) is 0 Å². The molecule has 15 nitrogen and oxygen atoms in total. The molecule has 0 aromatic carbocycles. The third kappa shape index (κ3) is 7.91. The van der Waals surface area contributed by atoms with E-state index >= 15 is 0 Å². The van der Waals surface area contributed by atoms with Crippen LogP contribution in [0.1, 0.15) is 20.7 Å². The molecule has 0 fully saturated rings. The lowest BCUT2D eigenvalue weighted by Gasteiger charge is -1.91. The average molecular weight is 474 g/mol. The maximum absolute atomic E-state index is 10.8. The Bertz CT molecular complexity index is 1310. The molecule has 0 radical (unpaired) electrons. The summed E-state index contributed by atoms with van der Waals surface area (Å²) < 4.78 is 0.111. The third-order valence-electron chi connectivity index (χ3n) is 2.89. The zero-order valence-electron chi connectivity index (χ0n) is 14.9. The fourth-order valence-corrected chi connectivity index (χ4v) is 1.78. The number of nitrogen functional groups attached to an aromatic ring is 1. The summed E-state index contributed by atoms with van der Waals surface area (Å²) in [5.74, 6) is -2.50. The molecule has 3 aromatic heterocycles. The van der Waals surface area contributed by atoms with Crippen molar-refractivity contribution in [1.29, 1.82) is 0 Å². The summed E-state index contributed by atoms with van der Waals surface area (Å²) in [6.45, 7) is 0. The van der Waals surface area contributed by atoms with Crippen LogP contribution in [0, 0.1) is 4.77 Å². The number of H-pyrrole nitrogens is 5. The van der Waals surface area contributed by atoms with E-state index in [-0.39, 0.29) is 21.2 Å². The molecule has 0 unspecified atom stereocenters. The number of anilines is 1. The van der Waals surface area contributed by atoms with Crippen LogP contribution in [-0.4, -0.2) is 52.1 Å². The number of nitrogens with zero attached hydrogens (tertiary/aromatic N) is 1. The molecule has 0 amide bonds. The van der Waals surface area contributed by atoms with Crippen molar-refractivity contribution in [2.75, 3.05) is 5.73 Å². The first kappa shape index (κ1) is 24.7. The molecule has 3 rings (SSSR count). The molecule has 3 aromatic rings. The number of aromatic amines is 5. The van der Waals surface area contributed by atoms with E-state index in [1.165, 1.54) is 6.20 Å². The van der Waals surface area contributed by atoms with Crippen molar-refractivity contribution < 1.29 is 19.8 Å². The Labute approximate surface area is 178 Å². The quantitative estimate of drug-likeness (QED) is 0.207. The number of rotatable bonds is 2. The highest BCUT2D eigenvalue weighted by atomic mass is 35.5. The fraction of sp³-hybridized carbons (Fsp3) is 0. The van der Waals surface area contributed by atoms with E-state index in [1.807, 2.05) is 4.98 Å². The van der Waals surface area contributed by atoms with E-state index < -0.39 is 40.0 Å². The van der Waals surface area contributed by atoms with Gasteiger partial charge in [-0.1, -0.05) is 11.6 Å². The molecular formula is C14H12ClN7O8S. The van der Waals surface area contributed by atoms with Gasteiger partial charge in [0.25, 0.3) is 11.1 Å². The van der Waals surface area contributed by atoms with Gasteiger partial charge >= 0.3 is 23.3 Å². The van der Waals surface area contributed by atoms with Gasteiger partial charge in [0.15, 0.2) is 4.77 Å². The Morgan fingerprint density at radius 3 is 1.87 bits per heavy atom. The monoisotopic (exact) mass is 473 g/mol. The van der Waals surface area contributed by atoms with Gasteiger partial charge in [0.2, 0.25) is 0 Å². The Kier molecular flexibility index (Phi) is 8.79. The van der Waals surface area contributed by atoms with Gasteiger partial charge in [0, 0.05) is 12.4 Å². The van der Waals surface area contributed by atoms with Crippen molar-refractivity contribution in [3.05, 3.63) is 81.2 Å². The van der Waals surface area contributed by atoms with Crippen molar-refractivity contribution in [1.82, 2.24) is 29.9 Å². The van der Waals surface area contributed by atoms with Gasteiger partial charge in [0.1, 0.15) is 16.9 Å². The number of carboxylic acids is 2. The van der Waals surface area contributed by atoms with Crippen molar-refractivity contribution in [3.8, 4) is 0 Å². The number of carboxylic acid groups (broad SMARTS) is 2. The van der Waals surface area contributed by atoms with Gasteiger partial charge < -0.3 is 25.9 Å². The molecule has 17 heteroatoms. The van der Waals surface area contributed by atoms with E-state index in [2.05, 4.69) is 32.2 Å². The molecule has 0 aliphatic rings. The molecule has 0 spiro atoms. The smallest absolute Gasteiger partial charge is 0.346 e. The summed E-state index contributed by atoms with van der Waals surface area (Å²) in [5.41, 5.74) is 1.56. The third-order valence-corrected chi connectivity index (χ3v) is 3.41. The Morgan fingerprint density at radius 1 is 0.935 bits per heavy atom. The molecule has 0 saturated heterocycles. The van der Waals surface area contributed by atoms with Crippen LogP contribution < -0.4 is 28.2 Å². The van der Waals surface area contributed by atoms with Gasteiger partial charge in [-0.2, -0.15) is 0 Å². The van der Waals surface area contributed by atoms with Crippen LogP contribution in [0.25, 0.3) is 0 Å². The number of hydrogen-bond donors (Lipinski definition) is 8. The number of nitrogens with one attached hydrogen (secondary N) is 5. The van der Waals surface area contributed by atoms with E-state index in [0.29, 0.717) is 0 Å². The largest absolute Gasteiger partial charge is 0.477 e. The number of aromatic carboxylic acids is 2. The van der Waals surface area contributed by atoms with E-state index in [9.17, 15) is 28.8 Å². The SMILES string of the molecule is Nc1[nH]c(=O)ncc1Cl.O=C(O)c1c[nH]c(=O)[nH]c1=O.O=C(O)c1c[nH]c(=S)[nH]c1=O. The molecule has 0 saturated carbocycles. The van der Waals surface area contributed by atoms with Crippen molar-refractivity contribution in [3.63, 3.8) is 0 Å². The molecule has 0 aliphatic carbocycles. The second kappa shape index (κ2) is 11.0. The van der Waals surface area contributed by atoms with Crippen LogP contribution in [0.2, 0.25) is 5.02 Å². The zero-order chi connectivity index (χ0) is 23.7. The van der Waals surface area contributed by atoms with Crippen LogP contribution in [0.5, 0.6) is 0 Å². The lowest BCUT2D eigenvalue weighted by molar-refractivity contribution is 0.0683. The maximum Gasteiger partial charge on any atom is 0.346 e. The minimum absolute atomic E-state index is 0.111. The normalized spacial score (nSPS) is 9.45. The minimum atomic E-state index is -1.37. The highest BCUT2D eigenvalue weighted by Crippen LogP contribution is 2.09. The minimum Gasteiger partial charge on any atom is -0.477 e. The number of aromatic nitrogens is 6. The summed E-state index contributed by atoms with van der Waals surface area (Å²) in [7, 11) is 0. The molecule has 0 bridgehead atoms. The highest BCUT2D eigenvalue weighted by molar-refractivity contribution is 7.71. The summed E-state index contributed by atoms with van der Waals surface area (Å²) in [6.07, 6.45) is 3.11. The summed E-state index contributed by atoms with van der Waals surface area (Å²) in [6, 6.07) is 0. The molecule has 164 valence electrons. The van der Waals surface area contributed by atoms with Crippen molar-refractivity contribution in [2.24, 2.45) is 0 Å². The maximum atomic E-state index is 10.8. The average Bonchev–Trinajstić information content (AvgIpc) is 2.65. The lowest BCUT2D eigenvalue weighted by atomic mass is 10.3. The fourth-order valence-electron chi connectivity index (χ4n) is 1.53. The van der Waals surface area contributed by atoms with Gasteiger partial charge in [-0.3, -0.25) is 24.5 Å². The number of carbonyl (C=O) groups is 2. The van der Waals surface area contributed by atoms with Crippen molar-refractivity contribution >= 4 is 41.6 Å². The molecule has 31 heavy (non-hydrogen) atoms. The van der Waals surface area contributed by atoms with Gasteiger partial charge in [-0.25, -0.2) is 24.2 Å². The van der Waals surface area contributed by atoms with Crippen molar-refractivity contribution in [2.45, 2.75) is 0 Å². The van der Waals surface area contributed by atoms with E-state index in [0.717, 1.165) is 12.4 Å². The predicted molar refractivity (Wildman–Crippen MR) is 108 cm³/mol. The summed E-state index contributed by atoms with van der Waals surface area (Å²) in [4.78, 5) is 76.4. The first-order valence-corrected chi connectivity index (χ1v) is 8.32. The summed E-state index contributed by atoms with van der Waals surface area (Å²) in [5, 5.41) is 17.0. The Morgan fingerprint density at radius 2 is 1.45 bits per heavy atom. The topological polar surface area (TPSA) is 261 Å². The van der Waals surface area contributed by atoms with Crippen LogP contribution >= 0.6 is 23.8 Å². The lowest BCUT2D eigenvalue weighted by Crippen LogP contribution is -2.26. The summed E-state index contributed by atoms with van der Waals surface area (Å²) >= 11 is 9.96. The number of nitrogens with two attached hydrogens (primary N) is 1. The molecular weight excluding hydrogens is 462 g/mol. The first-order valence-electron chi connectivity index (χ1n) is 7.53. The van der Waals surface area contributed by atoms with Crippen LogP contribution in [0.15, 0.2) is 37.8 Å². The standard InChI is InChI=1S/C5H4N2O4.C5H4N2O3S.C4H4ClN3O/c2*8-3-2(4(9)10)1-6-5(11)7-3;5-2-1-7-4(9)8-3(2)6/h2*1H,(H,9,10)(H2,6,7,8,11);1H,(H3,6,7,8,9). The van der Waals surface area contributed by atoms with Gasteiger partial charge in [0.05, 0.1) is 11.2 Å². The second-order valence-corrected chi connectivity index (χ2v) is 5.85. The van der Waals surface area contributed by atoms with Gasteiger partial charge in [-0.15, -0.1) is 0 Å². The molecule has 0 atom stereocenters. The highest BCUT2D eigenvalue weighted by Gasteiger charge is 2.07. The zero-order valence-corrected chi connectivity index (χ0v) is 16.5. The molecule has 0 aliphatic heterocycles. The number of halogens is 1. The Balaban J connectivity index is 0.000000234. The van der Waals surface area contributed by atoms with E-state index in [4.69, 9.17) is 27.5 Å². The van der Waals surface area contributed by atoms with Crippen LogP contribution in [0.4, 0.5) is 5.82 Å². The first-order chi connectivity index (χ1) is 14.4. The molecule has 3 heterocycles. The van der Waals surface area contributed by atoms with Crippen LogP contribution in [0.3, 0.4) is 0 Å². The Hall–Kier alpha value is -4.31.